The van der Waals surface area contributed by atoms with Gasteiger partial charge >= 0.3 is 5.56 Å². The fraction of sp³-hybridized carbons (Fsp3) is 0.0370. The van der Waals surface area contributed by atoms with Crippen molar-refractivity contribution in [3.63, 3.8) is 0 Å². The van der Waals surface area contributed by atoms with E-state index in [4.69, 9.17) is 0 Å². The summed E-state index contributed by atoms with van der Waals surface area (Å²) in [5.74, 6) is 0. The standard InChI is InChI=1S/C27H20N2O2/c30-27-25(16-19-10-12-22(13-11-19)20-6-2-1-3-7-20)28-26(18-29(27)31)24-15-14-21-8-4-5-9-23(21)17-24/h1-15,17-18,31H,16H2. The van der Waals surface area contributed by atoms with Crippen LogP contribution < -0.4 is 5.56 Å². The maximum Gasteiger partial charge on any atom is 0.304 e. The monoisotopic (exact) mass is 404 g/mol. The van der Waals surface area contributed by atoms with E-state index in [0.29, 0.717) is 22.5 Å². The zero-order valence-electron chi connectivity index (χ0n) is 16.8. The summed E-state index contributed by atoms with van der Waals surface area (Å²) in [6, 6.07) is 32.2. The van der Waals surface area contributed by atoms with Gasteiger partial charge in [0.05, 0.1) is 11.9 Å². The van der Waals surface area contributed by atoms with Gasteiger partial charge in [0, 0.05) is 12.0 Å². The van der Waals surface area contributed by atoms with Crippen LogP contribution in [0.15, 0.2) is 108 Å². The smallest absolute Gasteiger partial charge is 0.304 e. The van der Waals surface area contributed by atoms with Crippen LogP contribution in [0.1, 0.15) is 11.3 Å². The van der Waals surface area contributed by atoms with Crippen molar-refractivity contribution < 1.29 is 5.21 Å². The lowest BCUT2D eigenvalue weighted by atomic mass is 10.0. The average Bonchev–Trinajstić information content (AvgIpc) is 2.82. The highest BCUT2D eigenvalue weighted by Crippen LogP contribution is 2.23. The van der Waals surface area contributed by atoms with Crippen LogP contribution in [-0.2, 0) is 6.42 Å². The van der Waals surface area contributed by atoms with Crippen LogP contribution in [-0.4, -0.2) is 14.9 Å². The first-order valence-corrected chi connectivity index (χ1v) is 10.1. The molecule has 0 aliphatic carbocycles. The molecule has 0 saturated heterocycles. The van der Waals surface area contributed by atoms with E-state index < -0.39 is 5.56 Å². The zero-order chi connectivity index (χ0) is 21.2. The molecule has 0 aliphatic rings. The molecule has 0 bridgehead atoms. The van der Waals surface area contributed by atoms with E-state index in [-0.39, 0.29) is 0 Å². The Morgan fingerprint density at radius 2 is 1.35 bits per heavy atom. The molecule has 0 atom stereocenters. The van der Waals surface area contributed by atoms with Gasteiger partial charge in [0.15, 0.2) is 0 Å². The summed E-state index contributed by atoms with van der Waals surface area (Å²) in [7, 11) is 0. The molecule has 5 aromatic rings. The van der Waals surface area contributed by atoms with Crippen molar-refractivity contribution >= 4 is 10.8 Å². The molecule has 0 spiro atoms. The van der Waals surface area contributed by atoms with E-state index in [9.17, 15) is 10.0 Å². The number of nitrogens with zero attached hydrogens (tertiary/aromatic N) is 2. The molecule has 31 heavy (non-hydrogen) atoms. The van der Waals surface area contributed by atoms with E-state index >= 15 is 0 Å². The highest BCUT2D eigenvalue weighted by molar-refractivity contribution is 5.86. The van der Waals surface area contributed by atoms with Gasteiger partial charge in [-0.05, 0) is 33.5 Å². The van der Waals surface area contributed by atoms with Crippen LogP contribution >= 0.6 is 0 Å². The summed E-state index contributed by atoms with van der Waals surface area (Å²) in [6.45, 7) is 0. The Morgan fingerprint density at radius 3 is 2.13 bits per heavy atom. The number of benzene rings is 4. The summed E-state index contributed by atoms with van der Waals surface area (Å²) < 4.78 is 0.630. The molecule has 4 nitrogen and oxygen atoms in total. The minimum atomic E-state index is -0.503. The molecule has 4 heteroatoms. The van der Waals surface area contributed by atoms with Gasteiger partial charge in [0.25, 0.3) is 0 Å². The number of hydrogen-bond donors (Lipinski definition) is 1. The molecule has 0 unspecified atom stereocenters. The molecule has 0 saturated carbocycles. The van der Waals surface area contributed by atoms with Gasteiger partial charge < -0.3 is 5.21 Å². The maximum absolute atomic E-state index is 12.5. The molecular weight excluding hydrogens is 384 g/mol. The largest absolute Gasteiger partial charge is 0.425 e. The third-order valence-corrected chi connectivity index (χ3v) is 5.43. The Morgan fingerprint density at radius 1 is 0.710 bits per heavy atom. The van der Waals surface area contributed by atoms with Crippen molar-refractivity contribution in [3.05, 3.63) is 125 Å². The molecule has 4 aromatic carbocycles. The quantitative estimate of drug-likeness (QED) is 0.399. The Labute approximate surface area is 179 Å². The fourth-order valence-corrected chi connectivity index (χ4v) is 3.77. The van der Waals surface area contributed by atoms with Gasteiger partial charge in [0.1, 0.15) is 5.69 Å². The number of rotatable bonds is 4. The molecule has 0 aliphatic heterocycles. The molecule has 1 N–H and O–H groups in total. The van der Waals surface area contributed by atoms with E-state index in [1.54, 1.807) is 0 Å². The number of aromatic nitrogens is 2. The maximum atomic E-state index is 12.5. The lowest BCUT2D eigenvalue weighted by molar-refractivity contribution is 0.173. The van der Waals surface area contributed by atoms with Crippen molar-refractivity contribution in [1.29, 1.82) is 0 Å². The minimum absolute atomic E-state index is 0.306. The molecule has 150 valence electrons. The van der Waals surface area contributed by atoms with Crippen molar-refractivity contribution in [2.24, 2.45) is 0 Å². The Hall–Kier alpha value is -4.18. The number of fused-ring (bicyclic) bond motifs is 1. The Bertz CT molecular complexity index is 1420. The van der Waals surface area contributed by atoms with Gasteiger partial charge in [-0.2, -0.15) is 4.73 Å². The minimum Gasteiger partial charge on any atom is -0.425 e. The van der Waals surface area contributed by atoms with E-state index in [1.165, 1.54) is 6.20 Å². The van der Waals surface area contributed by atoms with Crippen molar-refractivity contribution in [1.82, 2.24) is 9.71 Å². The second-order valence-corrected chi connectivity index (χ2v) is 7.52. The Kier molecular flexibility index (Phi) is 4.81. The first kappa shape index (κ1) is 18.8. The predicted molar refractivity (Wildman–Crippen MR) is 123 cm³/mol. The lowest BCUT2D eigenvalue weighted by Gasteiger charge is -2.09. The second kappa shape index (κ2) is 7.92. The summed E-state index contributed by atoms with van der Waals surface area (Å²) in [5, 5.41) is 12.4. The normalized spacial score (nSPS) is 11.0. The highest BCUT2D eigenvalue weighted by atomic mass is 16.5. The second-order valence-electron chi connectivity index (χ2n) is 7.52. The van der Waals surface area contributed by atoms with Gasteiger partial charge in [-0.25, -0.2) is 4.98 Å². The summed E-state index contributed by atoms with van der Waals surface area (Å²) in [6.07, 6.45) is 1.71. The van der Waals surface area contributed by atoms with E-state index in [1.807, 2.05) is 84.9 Å². The molecule has 5 rings (SSSR count). The first-order valence-electron chi connectivity index (χ1n) is 10.1. The third kappa shape index (κ3) is 3.83. The topological polar surface area (TPSA) is 55.1 Å². The van der Waals surface area contributed by atoms with Crippen LogP contribution in [0.2, 0.25) is 0 Å². The molecule has 0 fully saturated rings. The molecule has 1 heterocycles. The Balaban J connectivity index is 1.48. The van der Waals surface area contributed by atoms with Crippen LogP contribution in [0.25, 0.3) is 33.2 Å². The van der Waals surface area contributed by atoms with Crippen LogP contribution in [0.5, 0.6) is 0 Å². The van der Waals surface area contributed by atoms with Crippen molar-refractivity contribution in [3.8, 4) is 22.4 Å². The summed E-state index contributed by atoms with van der Waals surface area (Å²) in [5.41, 5.74) is 4.42. The highest BCUT2D eigenvalue weighted by Gasteiger charge is 2.11. The van der Waals surface area contributed by atoms with Crippen molar-refractivity contribution in [2.45, 2.75) is 6.42 Å². The van der Waals surface area contributed by atoms with Gasteiger partial charge in [-0.1, -0.05) is 91.0 Å². The summed E-state index contributed by atoms with van der Waals surface area (Å²) in [4.78, 5) is 17.1. The van der Waals surface area contributed by atoms with Gasteiger partial charge in [-0.15, -0.1) is 0 Å². The van der Waals surface area contributed by atoms with Gasteiger partial charge in [0.2, 0.25) is 0 Å². The fourth-order valence-electron chi connectivity index (χ4n) is 3.77. The van der Waals surface area contributed by atoms with Crippen LogP contribution in [0.3, 0.4) is 0 Å². The van der Waals surface area contributed by atoms with Crippen molar-refractivity contribution in [2.75, 3.05) is 0 Å². The van der Waals surface area contributed by atoms with E-state index in [0.717, 1.165) is 33.0 Å². The average molecular weight is 404 g/mol. The predicted octanol–water partition coefficient (Wildman–Crippen LogP) is 5.56. The molecule has 0 amide bonds. The molecule has 1 aromatic heterocycles. The molecule has 0 radical (unpaired) electrons. The third-order valence-electron chi connectivity index (χ3n) is 5.43. The first-order chi connectivity index (χ1) is 15.2. The number of hydrogen-bond acceptors (Lipinski definition) is 3. The van der Waals surface area contributed by atoms with E-state index in [2.05, 4.69) is 17.1 Å². The summed E-state index contributed by atoms with van der Waals surface area (Å²) >= 11 is 0. The molecular formula is C27H20N2O2. The van der Waals surface area contributed by atoms with Crippen LogP contribution in [0, 0.1) is 0 Å². The SMILES string of the molecule is O=c1c(Cc2ccc(-c3ccccc3)cc2)nc(-c2ccc3ccccc3c2)cn1O. The van der Waals surface area contributed by atoms with Gasteiger partial charge in [-0.3, -0.25) is 4.79 Å². The zero-order valence-corrected chi connectivity index (χ0v) is 16.8. The lowest BCUT2D eigenvalue weighted by Crippen LogP contribution is -2.24. The van der Waals surface area contributed by atoms with Crippen LogP contribution in [0.4, 0.5) is 0 Å².